The van der Waals surface area contributed by atoms with E-state index in [0.29, 0.717) is 22.1 Å². The highest BCUT2D eigenvalue weighted by atomic mass is 35.5. The second-order valence-corrected chi connectivity index (χ2v) is 9.35. The van der Waals surface area contributed by atoms with E-state index in [1.54, 1.807) is 4.68 Å². The summed E-state index contributed by atoms with van der Waals surface area (Å²) in [5.41, 5.74) is 2.78. The van der Waals surface area contributed by atoms with E-state index in [-0.39, 0.29) is 23.8 Å². The lowest BCUT2D eigenvalue weighted by Crippen LogP contribution is -2.40. The Labute approximate surface area is 207 Å². The maximum atomic E-state index is 13.1. The number of hydrogen-bond donors (Lipinski definition) is 2. The van der Waals surface area contributed by atoms with Gasteiger partial charge in [-0.3, -0.25) is 4.79 Å². The normalized spacial score (nSPS) is 17.9. The van der Waals surface area contributed by atoms with Gasteiger partial charge in [0.05, 0.1) is 21.8 Å². The fraction of sp³-hybridized carbons (Fsp3) is 0.308. The van der Waals surface area contributed by atoms with Crippen LogP contribution in [0.15, 0.2) is 48.5 Å². The molecule has 35 heavy (non-hydrogen) atoms. The Morgan fingerprint density at radius 2 is 1.69 bits per heavy atom. The number of anilines is 1. The Hall–Kier alpha value is -3.52. The van der Waals surface area contributed by atoms with E-state index in [9.17, 15) is 9.18 Å². The molecule has 1 fully saturated rings. The molecular weight excluding hydrogens is 467 g/mol. The summed E-state index contributed by atoms with van der Waals surface area (Å²) in [5.74, 6) is 0.891. The number of carbonyl (C=O) groups excluding carboxylic acids is 1. The first kappa shape index (κ1) is 23.2. The second kappa shape index (κ2) is 9.62. The van der Waals surface area contributed by atoms with Crippen molar-refractivity contribution in [2.45, 2.75) is 51.6 Å². The van der Waals surface area contributed by atoms with Gasteiger partial charge in [0.2, 0.25) is 0 Å². The van der Waals surface area contributed by atoms with Crippen molar-refractivity contribution in [3.05, 3.63) is 76.5 Å². The van der Waals surface area contributed by atoms with Crippen LogP contribution in [0, 0.1) is 19.7 Å². The van der Waals surface area contributed by atoms with Crippen molar-refractivity contribution in [3.63, 3.8) is 0 Å². The zero-order valence-electron chi connectivity index (χ0n) is 19.6. The van der Waals surface area contributed by atoms with Crippen LogP contribution in [0.5, 0.6) is 0 Å². The first-order valence-electron chi connectivity index (χ1n) is 11.7. The summed E-state index contributed by atoms with van der Waals surface area (Å²) >= 11 is 6.43. The van der Waals surface area contributed by atoms with Crippen LogP contribution >= 0.6 is 11.6 Å². The molecule has 0 bridgehead atoms. The highest BCUT2D eigenvalue weighted by molar-refractivity contribution is 6.32. The lowest BCUT2D eigenvalue weighted by Gasteiger charge is -2.30. The molecule has 1 aliphatic rings. The molecule has 9 heteroatoms. The minimum absolute atomic E-state index is 0.0856. The number of carbonyl (C=O) groups is 1. The molecule has 2 N–H and O–H groups in total. The van der Waals surface area contributed by atoms with Crippen molar-refractivity contribution < 1.29 is 9.18 Å². The number of aryl methyl sites for hydroxylation is 2. The van der Waals surface area contributed by atoms with Crippen molar-refractivity contribution in [2.24, 2.45) is 0 Å². The van der Waals surface area contributed by atoms with E-state index < -0.39 is 0 Å². The minimum atomic E-state index is -0.352. The number of nitrogens with zero attached hydrogens (tertiary/aromatic N) is 4. The molecule has 0 radical (unpaired) electrons. The van der Waals surface area contributed by atoms with Crippen LogP contribution in [0.2, 0.25) is 5.02 Å². The monoisotopic (exact) mass is 492 g/mol. The molecule has 1 saturated carbocycles. The zero-order valence-corrected chi connectivity index (χ0v) is 20.3. The van der Waals surface area contributed by atoms with E-state index in [1.165, 1.54) is 24.3 Å². The largest absolute Gasteiger partial charge is 0.367 e. The summed E-state index contributed by atoms with van der Waals surface area (Å²) in [4.78, 5) is 21.8. The number of halogens is 2. The van der Waals surface area contributed by atoms with E-state index in [4.69, 9.17) is 21.7 Å². The van der Waals surface area contributed by atoms with E-state index in [0.717, 1.165) is 48.3 Å². The molecule has 0 spiro atoms. The number of aromatic nitrogens is 4. The summed E-state index contributed by atoms with van der Waals surface area (Å²) in [6.07, 6.45) is 3.46. The standard InChI is InChI=1S/C26H26ClFN6O/c1-15-23-24(29-16(2)30-25(23)34(33-15)22-6-4-3-5-21(22)27)31-19-11-13-20(14-12-19)32-26(35)17-7-9-18(28)10-8-17/h3-10,19-20H,11-14H2,1-2H3,(H,32,35)(H,29,30,31). The molecule has 0 saturated heterocycles. The molecule has 0 atom stereocenters. The number of benzene rings is 2. The van der Waals surface area contributed by atoms with Gasteiger partial charge >= 0.3 is 0 Å². The van der Waals surface area contributed by atoms with Crippen LogP contribution in [0.25, 0.3) is 16.7 Å². The summed E-state index contributed by atoms with van der Waals surface area (Å²) in [5, 5.41) is 12.9. The van der Waals surface area contributed by atoms with Gasteiger partial charge in [0.25, 0.3) is 5.91 Å². The Balaban J connectivity index is 1.30. The highest BCUT2D eigenvalue weighted by Crippen LogP contribution is 2.31. The molecule has 0 aliphatic heterocycles. The number of amides is 1. The predicted octanol–water partition coefficient (Wildman–Crippen LogP) is 5.38. The van der Waals surface area contributed by atoms with Gasteiger partial charge in [-0.2, -0.15) is 5.10 Å². The first-order chi connectivity index (χ1) is 16.9. The molecule has 1 aliphatic carbocycles. The number of rotatable bonds is 5. The quantitative estimate of drug-likeness (QED) is 0.391. The van der Waals surface area contributed by atoms with Crippen LogP contribution in [0.1, 0.15) is 47.6 Å². The molecule has 2 aromatic heterocycles. The second-order valence-electron chi connectivity index (χ2n) is 8.94. The fourth-order valence-corrected chi connectivity index (χ4v) is 4.85. The van der Waals surface area contributed by atoms with Crippen molar-refractivity contribution in [3.8, 4) is 5.69 Å². The number of hydrogen-bond acceptors (Lipinski definition) is 5. The Bertz CT molecular complexity index is 1380. The maximum absolute atomic E-state index is 13.1. The van der Waals surface area contributed by atoms with Crippen LogP contribution in [-0.4, -0.2) is 37.7 Å². The third kappa shape index (κ3) is 4.84. The van der Waals surface area contributed by atoms with Crippen LogP contribution in [-0.2, 0) is 0 Å². The van der Waals surface area contributed by atoms with E-state index in [2.05, 4.69) is 15.6 Å². The number of para-hydroxylation sites is 1. The third-order valence-corrected chi connectivity index (χ3v) is 6.72. The van der Waals surface area contributed by atoms with Gasteiger partial charge in [0, 0.05) is 17.6 Å². The Morgan fingerprint density at radius 3 is 2.40 bits per heavy atom. The molecule has 4 aromatic rings. The first-order valence-corrected chi connectivity index (χ1v) is 12.1. The van der Waals surface area contributed by atoms with Gasteiger partial charge in [-0.1, -0.05) is 23.7 Å². The molecule has 2 aromatic carbocycles. The molecule has 7 nitrogen and oxygen atoms in total. The molecular formula is C26H26ClFN6O. The lowest BCUT2D eigenvalue weighted by molar-refractivity contribution is 0.0926. The van der Waals surface area contributed by atoms with Crippen LogP contribution in [0.4, 0.5) is 10.2 Å². The molecule has 180 valence electrons. The summed E-state index contributed by atoms with van der Waals surface area (Å²) in [6, 6.07) is 13.5. The van der Waals surface area contributed by atoms with Crippen molar-refractivity contribution in [2.75, 3.05) is 5.32 Å². The van der Waals surface area contributed by atoms with Crippen LogP contribution in [0.3, 0.4) is 0 Å². The molecule has 1 amide bonds. The highest BCUT2D eigenvalue weighted by Gasteiger charge is 2.25. The lowest BCUT2D eigenvalue weighted by atomic mass is 9.91. The summed E-state index contributed by atoms with van der Waals surface area (Å²) < 4.78 is 14.9. The van der Waals surface area contributed by atoms with Gasteiger partial charge in [0.15, 0.2) is 5.65 Å². The van der Waals surface area contributed by atoms with Gasteiger partial charge in [-0.25, -0.2) is 19.0 Å². The van der Waals surface area contributed by atoms with Gasteiger partial charge < -0.3 is 10.6 Å². The molecule has 5 rings (SSSR count). The SMILES string of the molecule is Cc1nc(NC2CCC(NC(=O)c3ccc(F)cc3)CC2)c2c(C)nn(-c3ccccc3Cl)c2n1. The van der Waals surface area contributed by atoms with Crippen molar-refractivity contribution >= 4 is 34.4 Å². The average molecular weight is 493 g/mol. The third-order valence-electron chi connectivity index (χ3n) is 6.40. The molecule has 0 unspecified atom stereocenters. The Kier molecular flexibility index (Phi) is 6.38. The predicted molar refractivity (Wildman–Crippen MR) is 135 cm³/mol. The smallest absolute Gasteiger partial charge is 0.251 e. The number of nitrogens with one attached hydrogen (secondary N) is 2. The van der Waals surface area contributed by atoms with Gasteiger partial charge in [0.1, 0.15) is 17.5 Å². The van der Waals surface area contributed by atoms with Crippen molar-refractivity contribution in [1.29, 1.82) is 0 Å². The van der Waals surface area contributed by atoms with E-state index in [1.807, 2.05) is 38.1 Å². The zero-order chi connectivity index (χ0) is 24.5. The fourth-order valence-electron chi connectivity index (χ4n) is 4.63. The molecule has 2 heterocycles. The minimum Gasteiger partial charge on any atom is -0.367 e. The average Bonchev–Trinajstić information content (AvgIpc) is 3.17. The maximum Gasteiger partial charge on any atom is 0.251 e. The van der Waals surface area contributed by atoms with Crippen LogP contribution < -0.4 is 10.6 Å². The topological polar surface area (TPSA) is 84.7 Å². The summed E-state index contributed by atoms with van der Waals surface area (Å²) in [7, 11) is 0. The van der Waals surface area contributed by atoms with Gasteiger partial charge in [-0.05, 0) is 75.9 Å². The Morgan fingerprint density at radius 1 is 1.00 bits per heavy atom. The summed E-state index contributed by atoms with van der Waals surface area (Å²) in [6.45, 7) is 3.81. The van der Waals surface area contributed by atoms with Crippen molar-refractivity contribution in [1.82, 2.24) is 25.1 Å². The van der Waals surface area contributed by atoms with Gasteiger partial charge in [-0.15, -0.1) is 0 Å². The number of fused-ring (bicyclic) bond motifs is 1. The van der Waals surface area contributed by atoms with E-state index >= 15 is 0 Å².